The van der Waals surface area contributed by atoms with E-state index in [-0.39, 0.29) is 37.4 Å². The second kappa shape index (κ2) is 17.9. The molecule has 0 fully saturated rings. The molecule has 0 bridgehead atoms. The van der Waals surface area contributed by atoms with Crippen LogP contribution in [0.5, 0.6) is 0 Å². The zero-order chi connectivity index (χ0) is 25.1. The van der Waals surface area contributed by atoms with Gasteiger partial charge in [-0.05, 0) is 12.1 Å². The monoisotopic (exact) mass is 497 g/mol. The topological polar surface area (TPSA) is 119 Å². The second-order valence-electron chi connectivity index (χ2n) is 7.31. The summed E-state index contributed by atoms with van der Waals surface area (Å²) in [5.41, 5.74) is 0.880. The van der Waals surface area contributed by atoms with E-state index in [1.54, 1.807) is 24.3 Å². The molecular formula is C24H35NO10. The summed E-state index contributed by atoms with van der Waals surface area (Å²) in [7, 11) is 1.34. The van der Waals surface area contributed by atoms with E-state index in [0.717, 1.165) is 0 Å². The molecule has 0 N–H and O–H groups in total. The fraction of sp³-hybridized carbons (Fsp3) is 0.625. The van der Waals surface area contributed by atoms with Gasteiger partial charge >= 0.3 is 5.97 Å². The Morgan fingerprint density at radius 2 is 1.00 bits per heavy atom. The van der Waals surface area contributed by atoms with Gasteiger partial charge in [-0.1, -0.05) is 12.1 Å². The molecule has 2 amide bonds. The Labute approximate surface area is 205 Å². The summed E-state index contributed by atoms with van der Waals surface area (Å²) in [6.07, 6.45) is 0.236. The van der Waals surface area contributed by atoms with E-state index < -0.39 is 0 Å². The number of carbonyl (C=O) groups is 3. The first-order valence-electron chi connectivity index (χ1n) is 11.6. The SMILES string of the molecule is COC(=O)CCOCCOCCOCCOCCOCCOCCN1C(=O)c2ccccc2C1=O. The second-order valence-corrected chi connectivity index (χ2v) is 7.31. The van der Waals surface area contributed by atoms with Crippen LogP contribution in [0.4, 0.5) is 0 Å². The maximum atomic E-state index is 12.2. The van der Waals surface area contributed by atoms with Crippen molar-refractivity contribution in [1.82, 2.24) is 4.90 Å². The van der Waals surface area contributed by atoms with Crippen LogP contribution in [-0.4, -0.2) is 116 Å². The Balaban J connectivity index is 1.28. The van der Waals surface area contributed by atoms with E-state index in [1.807, 2.05) is 0 Å². The van der Waals surface area contributed by atoms with E-state index in [2.05, 4.69) is 4.74 Å². The Bertz CT molecular complexity index is 737. The highest BCUT2D eigenvalue weighted by molar-refractivity contribution is 6.21. The fourth-order valence-corrected chi connectivity index (χ4v) is 3.06. The number of benzene rings is 1. The number of fused-ring (bicyclic) bond motifs is 1. The van der Waals surface area contributed by atoms with Gasteiger partial charge in [-0.15, -0.1) is 0 Å². The van der Waals surface area contributed by atoms with Crippen molar-refractivity contribution in [2.45, 2.75) is 6.42 Å². The van der Waals surface area contributed by atoms with E-state index >= 15 is 0 Å². The molecule has 35 heavy (non-hydrogen) atoms. The first kappa shape index (κ1) is 28.8. The van der Waals surface area contributed by atoms with Crippen LogP contribution in [0.2, 0.25) is 0 Å². The Morgan fingerprint density at radius 3 is 1.40 bits per heavy atom. The van der Waals surface area contributed by atoms with E-state index in [4.69, 9.17) is 28.4 Å². The molecule has 11 nitrogen and oxygen atoms in total. The molecule has 0 aromatic heterocycles. The maximum absolute atomic E-state index is 12.2. The third-order valence-corrected chi connectivity index (χ3v) is 4.88. The van der Waals surface area contributed by atoms with Crippen LogP contribution < -0.4 is 0 Å². The van der Waals surface area contributed by atoms with Crippen molar-refractivity contribution in [3.63, 3.8) is 0 Å². The predicted octanol–water partition coefficient (Wildman–Crippen LogP) is 0.945. The number of hydrogen-bond donors (Lipinski definition) is 0. The van der Waals surface area contributed by atoms with Crippen molar-refractivity contribution in [1.29, 1.82) is 0 Å². The van der Waals surface area contributed by atoms with E-state index in [0.29, 0.717) is 83.8 Å². The lowest BCUT2D eigenvalue weighted by atomic mass is 10.1. The lowest BCUT2D eigenvalue weighted by Gasteiger charge is -2.13. The van der Waals surface area contributed by atoms with Crippen molar-refractivity contribution < 1.29 is 47.5 Å². The first-order valence-corrected chi connectivity index (χ1v) is 11.6. The summed E-state index contributed by atoms with van der Waals surface area (Å²) < 4.78 is 36.8. The zero-order valence-corrected chi connectivity index (χ0v) is 20.2. The van der Waals surface area contributed by atoms with Crippen molar-refractivity contribution in [3.05, 3.63) is 35.4 Å². The first-order chi connectivity index (χ1) is 17.1. The number of ether oxygens (including phenoxy) is 7. The third kappa shape index (κ3) is 11.2. The number of hydrogen-bond acceptors (Lipinski definition) is 10. The smallest absolute Gasteiger partial charge is 0.307 e. The molecule has 1 aromatic carbocycles. The van der Waals surface area contributed by atoms with Crippen molar-refractivity contribution in [2.24, 2.45) is 0 Å². The van der Waals surface area contributed by atoms with Crippen molar-refractivity contribution in [3.8, 4) is 0 Å². The minimum absolute atomic E-state index is 0.214. The van der Waals surface area contributed by atoms with Gasteiger partial charge in [-0.3, -0.25) is 19.3 Å². The molecule has 0 atom stereocenters. The minimum atomic E-state index is -0.295. The van der Waals surface area contributed by atoms with Crippen LogP contribution in [0.25, 0.3) is 0 Å². The summed E-state index contributed by atoms with van der Waals surface area (Å²) in [5.74, 6) is -0.854. The van der Waals surface area contributed by atoms with E-state index in [9.17, 15) is 14.4 Å². The van der Waals surface area contributed by atoms with Crippen LogP contribution in [0.3, 0.4) is 0 Å². The van der Waals surface area contributed by atoms with Crippen LogP contribution in [0, 0.1) is 0 Å². The number of esters is 1. The number of imide groups is 1. The normalized spacial score (nSPS) is 12.9. The molecule has 2 rings (SSSR count). The van der Waals surface area contributed by atoms with Gasteiger partial charge in [-0.2, -0.15) is 0 Å². The minimum Gasteiger partial charge on any atom is -0.469 e. The summed E-state index contributed by atoms with van der Waals surface area (Å²) in [5, 5.41) is 0. The zero-order valence-electron chi connectivity index (χ0n) is 20.2. The van der Waals surface area contributed by atoms with Gasteiger partial charge in [0.15, 0.2) is 0 Å². The summed E-state index contributed by atoms with van der Waals surface area (Å²) in [6.45, 7) is 5.10. The maximum Gasteiger partial charge on any atom is 0.307 e. The molecule has 0 saturated heterocycles. The molecule has 1 aliphatic rings. The Kier molecular flexibility index (Phi) is 14.8. The van der Waals surface area contributed by atoms with Crippen LogP contribution in [-0.2, 0) is 38.0 Å². The Morgan fingerprint density at radius 1 is 0.629 bits per heavy atom. The average Bonchev–Trinajstić information content (AvgIpc) is 3.12. The number of amides is 2. The van der Waals surface area contributed by atoms with E-state index in [1.165, 1.54) is 12.0 Å². The molecule has 1 heterocycles. The third-order valence-electron chi connectivity index (χ3n) is 4.88. The molecule has 196 valence electrons. The molecule has 11 heteroatoms. The van der Waals surface area contributed by atoms with Crippen LogP contribution in [0.1, 0.15) is 27.1 Å². The predicted molar refractivity (Wildman–Crippen MR) is 123 cm³/mol. The number of rotatable bonds is 21. The van der Waals surface area contributed by atoms with Crippen molar-refractivity contribution in [2.75, 3.05) is 92.9 Å². The Hall–Kier alpha value is -2.41. The number of carbonyl (C=O) groups excluding carboxylic acids is 3. The summed E-state index contributed by atoms with van der Waals surface area (Å²) >= 11 is 0. The quantitative estimate of drug-likeness (QED) is 0.138. The molecule has 0 aliphatic carbocycles. The van der Waals surface area contributed by atoms with Gasteiger partial charge in [0.2, 0.25) is 0 Å². The number of methoxy groups -OCH3 is 1. The molecule has 0 radical (unpaired) electrons. The largest absolute Gasteiger partial charge is 0.469 e. The lowest BCUT2D eigenvalue weighted by molar-refractivity contribution is -0.141. The molecule has 0 spiro atoms. The van der Waals surface area contributed by atoms with Crippen LogP contribution >= 0.6 is 0 Å². The molecule has 1 aromatic rings. The van der Waals surface area contributed by atoms with Crippen molar-refractivity contribution >= 4 is 17.8 Å². The van der Waals surface area contributed by atoms with Crippen LogP contribution in [0.15, 0.2) is 24.3 Å². The molecule has 1 aliphatic heterocycles. The summed E-state index contributed by atoms with van der Waals surface area (Å²) in [6, 6.07) is 6.80. The highest BCUT2D eigenvalue weighted by Gasteiger charge is 2.34. The molecular weight excluding hydrogens is 462 g/mol. The van der Waals surface area contributed by atoms with Gasteiger partial charge < -0.3 is 33.2 Å². The van der Waals surface area contributed by atoms with Gasteiger partial charge in [0.25, 0.3) is 11.8 Å². The van der Waals surface area contributed by atoms with Gasteiger partial charge in [-0.25, -0.2) is 0 Å². The molecule has 0 saturated carbocycles. The summed E-state index contributed by atoms with van der Waals surface area (Å²) in [4.78, 5) is 36.6. The highest BCUT2D eigenvalue weighted by Crippen LogP contribution is 2.21. The van der Waals surface area contributed by atoms with Gasteiger partial charge in [0.1, 0.15) is 0 Å². The lowest BCUT2D eigenvalue weighted by Crippen LogP contribution is -2.33. The number of nitrogens with zero attached hydrogens (tertiary/aromatic N) is 1. The highest BCUT2D eigenvalue weighted by atomic mass is 16.6. The van der Waals surface area contributed by atoms with Gasteiger partial charge in [0.05, 0.1) is 110 Å². The average molecular weight is 498 g/mol. The standard InChI is InChI=1S/C24H35NO10/c1-29-22(26)6-8-30-10-12-32-14-16-34-18-19-35-17-15-33-13-11-31-9-7-25-23(27)20-4-2-3-5-21(20)24(25)28/h2-5H,6-19H2,1H3. The van der Waals surface area contributed by atoms with Gasteiger partial charge in [0, 0.05) is 0 Å². The fourth-order valence-electron chi connectivity index (χ4n) is 3.06. The molecule has 0 unspecified atom stereocenters.